The molecular weight excluding hydrogens is 463 g/mol. The maximum atomic E-state index is 13.0. The van der Waals surface area contributed by atoms with Gasteiger partial charge in [-0.3, -0.25) is 14.8 Å². The second-order valence-corrected chi connectivity index (χ2v) is 8.15. The van der Waals surface area contributed by atoms with E-state index in [1.165, 1.54) is 18.4 Å². The number of ether oxygens (including phenoxy) is 1. The first kappa shape index (κ1) is 23.6. The summed E-state index contributed by atoms with van der Waals surface area (Å²) in [5, 5.41) is 7.73. The molecule has 1 N–H and O–H groups in total. The molecule has 5 nitrogen and oxygen atoms in total. The monoisotopic (exact) mass is 479 g/mol. The Hall–Kier alpha value is -3.04. The SMILES string of the molecule is COC(=O)Cc1cncc(-c2ccc(C(CC(=N)C(F)(F)F)=Nc3ccccc3Cl)s2)c1. The van der Waals surface area contributed by atoms with Gasteiger partial charge in [0.1, 0.15) is 5.71 Å². The molecule has 166 valence electrons. The van der Waals surface area contributed by atoms with Gasteiger partial charge in [-0.2, -0.15) is 13.2 Å². The lowest BCUT2D eigenvalue weighted by molar-refractivity contribution is -0.139. The molecule has 0 radical (unpaired) electrons. The molecule has 0 saturated heterocycles. The highest BCUT2D eigenvalue weighted by molar-refractivity contribution is 7.17. The zero-order valence-corrected chi connectivity index (χ0v) is 18.3. The number of nitrogens with one attached hydrogen (secondary N) is 1. The summed E-state index contributed by atoms with van der Waals surface area (Å²) >= 11 is 7.34. The molecule has 0 spiro atoms. The average molecular weight is 480 g/mol. The fraction of sp³-hybridized carbons (Fsp3) is 0.182. The van der Waals surface area contributed by atoms with Crippen LogP contribution in [0.5, 0.6) is 0 Å². The Morgan fingerprint density at radius 1 is 1.22 bits per heavy atom. The number of benzene rings is 1. The molecule has 0 amide bonds. The lowest BCUT2D eigenvalue weighted by Gasteiger charge is -2.10. The van der Waals surface area contributed by atoms with E-state index in [2.05, 4.69) is 14.7 Å². The first-order chi connectivity index (χ1) is 15.2. The number of aliphatic imine (C=N–C) groups is 1. The Kier molecular flexibility index (Phi) is 7.42. The van der Waals surface area contributed by atoms with Crippen molar-refractivity contribution in [1.29, 1.82) is 5.41 Å². The van der Waals surface area contributed by atoms with Crippen molar-refractivity contribution in [2.24, 2.45) is 4.99 Å². The smallest absolute Gasteiger partial charge is 0.429 e. The van der Waals surface area contributed by atoms with E-state index < -0.39 is 24.3 Å². The molecular formula is C22H17ClF3N3O2S. The number of para-hydroxylation sites is 1. The first-order valence-corrected chi connectivity index (χ1v) is 10.4. The quantitative estimate of drug-likeness (QED) is 0.320. The third-order valence-electron chi connectivity index (χ3n) is 4.34. The molecule has 0 saturated carbocycles. The van der Waals surface area contributed by atoms with Gasteiger partial charge in [0.05, 0.1) is 30.0 Å². The van der Waals surface area contributed by atoms with Crippen molar-refractivity contribution >= 4 is 46.0 Å². The number of thiophene rings is 1. The molecule has 0 bridgehead atoms. The van der Waals surface area contributed by atoms with Crippen molar-refractivity contribution < 1.29 is 22.7 Å². The largest absolute Gasteiger partial charge is 0.469 e. The number of methoxy groups -OCH3 is 1. The molecule has 0 aliphatic heterocycles. The highest BCUT2D eigenvalue weighted by atomic mass is 35.5. The van der Waals surface area contributed by atoms with Gasteiger partial charge in [-0.25, -0.2) is 0 Å². The summed E-state index contributed by atoms with van der Waals surface area (Å²) in [6, 6.07) is 11.7. The number of esters is 1. The van der Waals surface area contributed by atoms with Crippen molar-refractivity contribution in [2.45, 2.75) is 19.0 Å². The number of carbonyl (C=O) groups is 1. The van der Waals surface area contributed by atoms with Crippen molar-refractivity contribution in [2.75, 3.05) is 7.11 Å². The minimum Gasteiger partial charge on any atom is -0.469 e. The van der Waals surface area contributed by atoms with Crippen LogP contribution >= 0.6 is 22.9 Å². The van der Waals surface area contributed by atoms with Crippen molar-refractivity contribution in [3.05, 3.63) is 70.3 Å². The summed E-state index contributed by atoms with van der Waals surface area (Å²) in [6.45, 7) is 0. The molecule has 0 aliphatic carbocycles. The molecule has 0 fully saturated rings. The van der Waals surface area contributed by atoms with Gasteiger partial charge in [-0.15, -0.1) is 11.3 Å². The van der Waals surface area contributed by atoms with Crippen LogP contribution in [0.1, 0.15) is 16.9 Å². The first-order valence-electron chi connectivity index (χ1n) is 9.25. The van der Waals surface area contributed by atoms with Crippen LogP contribution in [0, 0.1) is 5.41 Å². The summed E-state index contributed by atoms with van der Waals surface area (Å²) in [7, 11) is 1.30. The minimum atomic E-state index is -4.76. The van der Waals surface area contributed by atoms with Crippen molar-refractivity contribution in [3.63, 3.8) is 0 Å². The minimum absolute atomic E-state index is 0.0531. The predicted octanol–water partition coefficient (Wildman–Crippen LogP) is 6.27. The molecule has 10 heteroatoms. The number of rotatable bonds is 7. The van der Waals surface area contributed by atoms with E-state index in [9.17, 15) is 18.0 Å². The van der Waals surface area contributed by atoms with Crippen LogP contribution in [0.25, 0.3) is 10.4 Å². The van der Waals surface area contributed by atoms with Crippen LogP contribution < -0.4 is 0 Å². The number of halogens is 4. The summed E-state index contributed by atoms with van der Waals surface area (Å²) in [6.07, 6.45) is -2.26. The Morgan fingerprint density at radius 3 is 2.66 bits per heavy atom. The van der Waals surface area contributed by atoms with E-state index in [1.807, 2.05) is 0 Å². The molecule has 2 aromatic heterocycles. The number of hydrogen-bond donors (Lipinski definition) is 1. The number of alkyl halides is 3. The zero-order valence-electron chi connectivity index (χ0n) is 16.7. The van der Waals surface area contributed by atoms with Crippen LogP contribution in [-0.2, 0) is 16.0 Å². The van der Waals surface area contributed by atoms with Crippen LogP contribution in [-0.4, -0.2) is 35.7 Å². The van der Waals surface area contributed by atoms with Gasteiger partial charge < -0.3 is 10.1 Å². The Morgan fingerprint density at radius 2 is 1.97 bits per heavy atom. The van der Waals surface area contributed by atoms with Gasteiger partial charge >= 0.3 is 12.1 Å². The molecule has 32 heavy (non-hydrogen) atoms. The average Bonchev–Trinajstić information content (AvgIpc) is 3.24. The van der Waals surface area contributed by atoms with Crippen molar-refractivity contribution in [1.82, 2.24) is 4.98 Å². The van der Waals surface area contributed by atoms with Crippen LogP contribution in [0.15, 0.2) is 59.9 Å². The normalized spacial score (nSPS) is 12.0. The molecule has 0 atom stereocenters. The van der Waals surface area contributed by atoms with Gasteiger partial charge in [0.25, 0.3) is 0 Å². The maximum absolute atomic E-state index is 13.0. The zero-order chi connectivity index (χ0) is 23.3. The van der Waals surface area contributed by atoms with E-state index >= 15 is 0 Å². The number of hydrogen-bond acceptors (Lipinski definition) is 6. The summed E-state index contributed by atoms with van der Waals surface area (Å²) in [5.74, 6) is -0.407. The lowest BCUT2D eigenvalue weighted by atomic mass is 10.1. The number of pyridine rings is 1. The van der Waals surface area contributed by atoms with Crippen LogP contribution in [0.2, 0.25) is 5.02 Å². The predicted molar refractivity (Wildman–Crippen MR) is 119 cm³/mol. The van der Waals surface area contributed by atoms with E-state index in [0.717, 1.165) is 4.88 Å². The number of carbonyl (C=O) groups excluding carboxylic acids is 1. The number of aromatic nitrogens is 1. The second kappa shape index (κ2) is 10.1. The molecule has 2 heterocycles. The second-order valence-electron chi connectivity index (χ2n) is 6.66. The topological polar surface area (TPSA) is 75.4 Å². The Labute approximate surface area is 191 Å². The van der Waals surface area contributed by atoms with E-state index in [0.29, 0.717) is 26.7 Å². The van der Waals surface area contributed by atoms with Gasteiger partial charge in [0.2, 0.25) is 0 Å². The fourth-order valence-corrected chi connectivity index (χ4v) is 3.90. The standard InChI is InChI=1S/C22H17ClF3N3O2S/c1-31-21(30)9-13-8-14(12-28-11-13)18-6-7-19(32-18)17(10-20(27)22(24,25)26)29-16-5-3-2-4-15(16)23/h2-8,11-12,27H,9-10H2,1H3. The summed E-state index contributed by atoms with van der Waals surface area (Å²) in [5.41, 5.74) is 0.338. The lowest BCUT2D eigenvalue weighted by Crippen LogP contribution is -2.24. The van der Waals surface area contributed by atoms with E-state index in [1.54, 1.807) is 54.9 Å². The highest BCUT2D eigenvalue weighted by Gasteiger charge is 2.35. The van der Waals surface area contributed by atoms with Crippen LogP contribution in [0.3, 0.4) is 0 Å². The van der Waals surface area contributed by atoms with E-state index in [-0.39, 0.29) is 12.1 Å². The van der Waals surface area contributed by atoms with E-state index in [4.69, 9.17) is 17.0 Å². The third kappa shape index (κ3) is 6.02. The third-order valence-corrected chi connectivity index (χ3v) is 5.84. The fourth-order valence-electron chi connectivity index (χ4n) is 2.74. The van der Waals surface area contributed by atoms with Crippen molar-refractivity contribution in [3.8, 4) is 10.4 Å². The molecule has 1 aromatic carbocycles. The van der Waals surface area contributed by atoms with Gasteiger partial charge in [0.15, 0.2) is 0 Å². The molecule has 3 rings (SSSR count). The molecule has 0 unspecified atom stereocenters. The van der Waals surface area contributed by atoms with Gasteiger partial charge in [-0.1, -0.05) is 23.7 Å². The Balaban J connectivity index is 1.97. The maximum Gasteiger partial charge on any atom is 0.429 e. The Bertz CT molecular complexity index is 1170. The highest BCUT2D eigenvalue weighted by Crippen LogP contribution is 2.32. The number of nitrogens with zero attached hydrogens (tertiary/aromatic N) is 2. The summed E-state index contributed by atoms with van der Waals surface area (Å²) in [4.78, 5) is 21.2. The van der Waals surface area contributed by atoms with Crippen LogP contribution in [0.4, 0.5) is 18.9 Å². The molecule has 0 aliphatic rings. The van der Waals surface area contributed by atoms with Gasteiger partial charge in [0, 0.05) is 34.1 Å². The summed E-state index contributed by atoms with van der Waals surface area (Å²) < 4.78 is 43.8. The molecule has 3 aromatic rings. The van der Waals surface area contributed by atoms with Gasteiger partial charge in [-0.05, 0) is 35.9 Å².